The lowest BCUT2D eigenvalue weighted by Gasteiger charge is -2.30. The van der Waals surface area contributed by atoms with Crippen molar-refractivity contribution in [3.8, 4) is 0 Å². The third-order valence-electron chi connectivity index (χ3n) is 4.45. The fourth-order valence-corrected chi connectivity index (χ4v) is 3.13. The van der Waals surface area contributed by atoms with E-state index in [2.05, 4.69) is 17.6 Å². The lowest BCUT2D eigenvalue weighted by atomic mass is 9.80. The predicted octanol–water partition coefficient (Wildman–Crippen LogP) is 2.49. The molecule has 3 atom stereocenters. The highest BCUT2D eigenvalue weighted by Crippen LogP contribution is 2.28. The molecule has 1 heterocycles. The maximum absolute atomic E-state index is 12.0. The van der Waals surface area contributed by atoms with Crippen LogP contribution in [0.1, 0.15) is 51.9 Å². The minimum Gasteiger partial charge on any atom is -0.354 e. The molecule has 1 saturated heterocycles. The minimum atomic E-state index is 0. The van der Waals surface area contributed by atoms with Crippen LogP contribution in [0.25, 0.3) is 0 Å². The molecule has 106 valence electrons. The Labute approximate surface area is 117 Å². The van der Waals surface area contributed by atoms with E-state index in [9.17, 15) is 4.79 Å². The molecule has 1 amide bonds. The molecule has 0 spiro atoms. The summed E-state index contributed by atoms with van der Waals surface area (Å²) in [5.74, 6) is 1.71. The number of piperidine rings is 1. The molecular formula is C14H27ClN2O. The molecule has 0 aromatic heterocycles. The predicted molar refractivity (Wildman–Crippen MR) is 77.0 cm³/mol. The molecule has 2 unspecified atom stereocenters. The van der Waals surface area contributed by atoms with E-state index in [-0.39, 0.29) is 24.4 Å². The van der Waals surface area contributed by atoms with Crippen LogP contribution in [0, 0.1) is 11.8 Å². The third kappa shape index (κ3) is 4.43. The largest absolute Gasteiger partial charge is 0.354 e. The summed E-state index contributed by atoms with van der Waals surface area (Å²) in [7, 11) is 0. The smallest absolute Gasteiger partial charge is 0.237 e. The molecule has 2 N–H and O–H groups in total. The van der Waals surface area contributed by atoms with Gasteiger partial charge in [0.05, 0.1) is 6.04 Å². The topological polar surface area (TPSA) is 41.1 Å². The van der Waals surface area contributed by atoms with E-state index in [1.807, 2.05) is 0 Å². The van der Waals surface area contributed by atoms with Crippen LogP contribution in [0.2, 0.25) is 0 Å². The van der Waals surface area contributed by atoms with Gasteiger partial charge < -0.3 is 10.6 Å². The van der Waals surface area contributed by atoms with E-state index in [4.69, 9.17) is 0 Å². The maximum atomic E-state index is 12.0. The second-order valence-electron chi connectivity index (χ2n) is 5.77. The Hall–Kier alpha value is -0.280. The van der Waals surface area contributed by atoms with Crippen molar-refractivity contribution in [2.75, 3.05) is 13.1 Å². The zero-order valence-electron chi connectivity index (χ0n) is 11.4. The first kappa shape index (κ1) is 15.8. The Morgan fingerprint density at radius 2 is 1.89 bits per heavy atom. The Kier molecular flexibility index (Phi) is 7.02. The maximum Gasteiger partial charge on any atom is 0.237 e. The van der Waals surface area contributed by atoms with Crippen molar-refractivity contribution in [3.05, 3.63) is 0 Å². The highest BCUT2D eigenvalue weighted by atomic mass is 35.5. The molecular weight excluding hydrogens is 248 g/mol. The van der Waals surface area contributed by atoms with E-state index in [0.29, 0.717) is 5.92 Å². The molecule has 2 rings (SSSR count). The molecule has 3 nitrogen and oxygen atoms in total. The van der Waals surface area contributed by atoms with Crippen molar-refractivity contribution in [1.29, 1.82) is 0 Å². The number of nitrogens with one attached hydrogen (secondary N) is 2. The summed E-state index contributed by atoms with van der Waals surface area (Å²) < 4.78 is 0. The first-order chi connectivity index (χ1) is 8.27. The molecule has 4 heteroatoms. The summed E-state index contributed by atoms with van der Waals surface area (Å²) in [6.45, 7) is 4.21. The van der Waals surface area contributed by atoms with Gasteiger partial charge in [0.25, 0.3) is 0 Å². The van der Waals surface area contributed by atoms with Gasteiger partial charge >= 0.3 is 0 Å². The van der Waals surface area contributed by atoms with Crippen LogP contribution in [-0.4, -0.2) is 25.0 Å². The van der Waals surface area contributed by atoms with Gasteiger partial charge in [-0.2, -0.15) is 0 Å². The highest BCUT2D eigenvalue weighted by molar-refractivity contribution is 5.85. The van der Waals surface area contributed by atoms with Crippen molar-refractivity contribution in [1.82, 2.24) is 10.6 Å². The summed E-state index contributed by atoms with van der Waals surface area (Å²) in [6.07, 6.45) is 8.74. The average molecular weight is 275 g/mol. The normalized spacial score (nSPS) is 32.4. The molecule has 18 heavy (non-hydrogen) atoms. The third-order valence-corrected chi connectivity index (χ3v) is 4.45. The Morgan fingerprint density at radius 3 is 2.56 bits per heavy atom. The Balaban J connectivity index is 0.00000162. The number of amides is 1. The molecule has 1 saturated carbocycles. The monoisotopic (exact) mass is 274 g/mol. The Bertz CT molecular complexity index is 254. The standard InChI is InChI=1S/C14H26N2O.ClH/c1-11-6-2-3-7-12(11)10-16-14(17)13-8-4-5-9-15-13;/h11-13,15H,2-10H2,1H3,(H,16,17);1H/t11?,12?,13-;/m1./s1. The van der Waals surface area contributed by atoms with Crippen molar-refractivity contribution in [2.45, 2.75) is 57.9 Å². The number of hydrogen-bond acceptors (Lipinski definition) is 2. The van der Waals surface area contributed by atoms with Crippen LogP contribution in [-0.2, 0) is 4.79 Å². The van der Waals surface area contributed by atoms with Gasteiger partial charge in [0.1, 0.15) is 0 Å². The molecule has 0 bridgehead atoms. The van der Waals surface area contributed by atoms with Crippen molar-refractivity contribution >= 4 is 18.3 Å². The molecule has 2 fully saturated rings. The summed E-state index contributed by atoms with van der Waals surface area (Å²) in [6, 6.07) is 0.0719. The second kappa shape index (κ2) is 8.00. The van der Waals surface area contributed by atoms with Crippen LogP contribution >= 0.6 is 12.4 Å². The van der Waals surface area contributed by atoms with E-state index >= 15 is 0 Å². The minimum absolute atomic E-state index is 0. The van der Waals surface area contributed by atoms with Gasteiger partial charge in [0, 0.05) is 6.54 Å². The van der Waals surface area contributed by atoms with Crippen molar-refractivity contribution in [2.24, 2.45) is 11.8 Å². The molecule has 0 aromatic carbocycles. The van der Waals surface area contributed by atoms with Crippen molar-refractivity contribution in [3.63, 3.8) is 0 Å². The van der Waals surface area contributed by atoms with Gasteiger partial charge in [0.2, 0.25) is 5.91 Å². The summed E-state index contributed by atoms with van der Waals surface area (Å²) in [5.41, 5.74) is 0. The quantitative estimate of drug-likeness (QED) is 0.830. The number of halogens is 1. The summed E-state index contributed by atoms with van der Waals surface area (Å²) >= 11 is 0. The van der Waals surface area contributed by atoms with E-state index in [0.717, 1.165) is 25.4 Å². The summed E-state index contributed by atoms with van der Waals surface area (Å²) in [4.78, 5) is 12.0. The van der Waals surface area contributed by atoms with Gasteiger partial charge in [-0.1, -0.05) is 32.6 Å². The molecule has 1 aliphatic heterocycles. The van der Waals surface area contributed by atoms with E-state index in [1.54, 1.807) is 0 Å². The number of rotatable bonds is 3. The SMILES string of the molecule is CC1CCCCC1CNC(=O)[C@H]1CCCCN1.Cl. The first-order valence-corrected chi connectivity index (χ1v) is 7.28. The van der Waals surface area contributed by atoms with Gasteiger partial charge in [0.15, 0.2) is 0 Å². The van der Waals surface area contributed by atoms with Gasteiger partial charge in [-0.3, -0.25) is 4.79 Å². The lowest BCUT2D eigenvalue weighted by Crippen LogP contribution is -2.48. The fraction of sp³-hybridized carbons (Fsp3) is 0.929. The van der Waals surface area contributed by atoms with Gasteiger partial charge in [-0.25, -0.2) is 0 Å². The number of hydrogen-bond donors (Lipinski definition) is 2. The van der Waals surface area contributed by atoms with E-state index in [1.165, 1.54) is 38.5 Å². The molecule has 1 aliphatic carbocycles. The first-order valence-electron chi connectivity index (χ1n) is 7.28. The van der Waals surface area contributed by atoms with Gasteiger partial charge in [-0.05, 0) is 37.6 Å². The van der Waals surface area contributed by atoms with Gasteiger partial charge in [-0.15, -0.1) is 12.4 Å². The fourth-order valence-electron chi connectivity index (χ4n) is 3.13. The zero-order valence-corrected chi connectivity index (χ0v) is 12.2. The van der Waals surface area contributed by atoms with Crippen LogP contribution in [0.5, 0.6) is 0 Å². The lowest BCUT2D eigenvalue weighted by molar-refractivity contribution is -0.124. The van der Waals surface area contributed by atoms with E-state index < -0.39 is 0 Å². The van der Waals surface area contributed by atoms with Crippen LogP contribution in [0.4, 0.5) is 0 Å². The average Bonchev–Trinajstić information content (AvgIpc) is 2.38. The van der Waals surface area contributed by atoms with Crippen molar-refractivity contribution < 1.29 is 4.79 Å². The number of carbonyl (C=O) groups excluding carboxylic acids is 1. The zero-order chi connectivity index (χ0) is 12.1. The molecule has 0 aromatic rings. The molecule has 0 radical (unpaired) electrons. The van der Waals surface area contributed by atoms with Crippen LogP contribution < -0.4 is 10.6 Å². The molecule has 2 aliphatic rings. The van der Waals surface area contributed by atoms with Crippen LogP contribution in [0.3, 0.4) is 0 Å². The highest BCUT2D eigenvalue weighted by Gasteiger charge is 2.24. The Morgan fingerprint density at radius 1 is 1.17 bits per heavy atom. The number of carbonyl (C=O) groups is 1. The van der Waals surface area contributed by atoms with Crippen LogP contribution in [0.15, 0.2) is 0 Å². The summed E-state index contributed by atoms with van der Waals surface area (Å²) in [5, 5.41) is 6.46. The second-order valence-corrected chi connectivity index (χ2v) is 5.77.